The van der Waals surface area contributed by atoms with Crippen LogP contribution in [0, 0.1) is 5.92 Å². The van der Waals surface area contributed by atoms with Gasteiger partial charge in [0.2, 0.25) is 0 Å². The van der Waals surface area contributed by atoms with Crippen LogP contribution in [0.3, 0.4) is 0 Å². The Balaban J connectivity index is 1.80. The van der Waals surface area contributed by atoms with Crippen LogP contribution < -0.4 is 5.32 Å². The first-order chi connectivity index (χ1) is 9.20. The zero-order valence-corrected chi connectivity index (χ0v) is 12.6. The smallest absolute Gasteiger partial charge is 0.0951 e. The van der Waals surface area contributed by atoms with E-state index in [9.17, 15) is 0 Å². The third-order valence-electron chi connectivity index (χ3n) is 4.08. The van der Waals surface area contributed by atoms with Crippen LogP contribution in [-0.2, 0) is 6.54 Å². The molecule has 0 atom stereocenters. The summed E-state index contributed by atoms with van der Waals surface area (Å²) < 4.78 is 2.28. The molecule has 1 aliphatic heterocycles. The van der Waals surface area contributed by atoms with Crippen LogP contribution in [0.1, 0.15) is 45.3 Å². The van der Waals surface area contributed by atoms with E-state index in [0.29, 0.717) is 6.04 Å². The van der Waals surface area contributed by atoms with E-state index in [1.165, 1.54) is 38.2 Å². The maximum absolute atomic E-state index is 4.29. The Morgan fingerprint density at radius 2 is 2.11 bits per heavy atom. The van der Waals surface area contributed by atoms with Gasteiger partial charge >= 0.3 is 0 Å². The molecule has 0 aliphatic carbocycles. The largest absolute Gasteiger partial charge is 0.331 e. The Bertz CT molecular complexity index is 364. The number of likely N-dealkylation sites (tertiary alicyclic amines) is 1. The van der Waals surface area contributed by atoms with Crippen molar-refractivity contribution in [1.29, 1.82) is 0 Å². The molecule has 1 aliphatic rings. The molecule has 0 amide bonds. The lowest BCUT2D eigenvalue weighted by molar-refractivity contribution is 0.172. The van der Waals surface area contributed by atoms with Gasteiger partial charge in [-0.3, -0.25) is 4.90 Å². The Morgan fingerprint density at radius 3 is 2.74 bits per heavy atom. The fourth-order valence-electron chi connectivity index (χ4n) is 2.85. The summed E-state index contributed by atoms with van der Waals surface area (Å²) in [5.41, 5.74) is 1.35. The van der Waals surface area contributed by atoms with Crippen LogP contribution in [0.2, 0.25) is 0 Å². The number of nitrogens with one attached hydrogen (secondary N) is 1. The topological polar surface area (TPSA) is 33.1 Å². The summed E-state index contributed by atoms with van der Waals surface area (Å²) in [7, 11) is 0. The molecule has 4 nitrogen and oxygen atoms in total. The lowest BCUT2D eigenvalue weighted by Gasteiger charge is -2.32. The van der Waals surface area contributed by atoms with Gasteiger partial charge in [-0.25, -0.2) is 4.98 Å². The van der Waals surface area contributed by atoms with Crippen LogP contribution >= 0.6 is 0 Å². The highest BCUT2D eigenvalue weighted by Crippen LogP contribution is 2.19. The summed E-state index contributed by atoms with van der Waals surface area (Å²) in [6.07, 6.45) is 6.62. The summed E-state index contributed by atoms with van der Waals surface area (Å²) in [5, 5.41) is 3.47. The Hall–Kier alpha value is -0.870. The molecule has 0 spiro atoms. The number of aromatic nitrogens is 2. The first-order valence-corrected chi connectivity index (χ1v) is 7.64. The van der Waals surface area contributed by atoms with E-state index in [-0.39, 0.29) is 0 Å². The molecular formula is C15H28N4. The van der Waals surface area contributed by atoms with E-state index in [0.717, 1.165) is 19.0 Å². The third kappa shape index (κ3) is 4.05. The number of hydrogen-bond donors (Lipinski definition) is 1. The number of nitrogens with zero attached hydrogens (tertiary/aromatic N) is 3. The summed E-state index contributed by atoms with van der Waals surface area (Å²) in [6, 6.07) is 0.504. The van der Waals surface area contributed by atoms with Gasteiger partial charge in [0.05, 0.1) is 12.0 Å². The summed E-state index contributed by atoms with van der Waals surface area (Å²) in [5.74, 6) is 0.867. The van der Waals surface area contributed by atoms with Crippen LogP contribution in [0.4, 0.5) is 0 Å². The second-order valence-corrected chi connectivity index (χ2v) is 5.91. The van der Waals surface area contributed by atoms with Gasteiger partial charge in [0, 0.05) is 18.8 Å². The molecule has 1 saturated heterocycles. The molecule has 108 valence electrons. The van der Waals surface area contributed by atoms with Gasteiger partial charge in [-0.15, -0.1) is 0 Å². The predicted octanol–water partition coefficient (Wildman–Crippen LogP) is 2.29. The average molecular weight is 264 g/mol. The Kier molecular flexibility index (Phi) is 5.40. The van der Waals surface area contributed by atoms with E-state index in [1.807, 2.05) is 12.5 Å². The summed E-state index contributed by atoms with van der Waals surface area (Å²) >= 11 is 0. The molecule has 2 heterocycles. The minimum atomic E-state index is 0.504. The van der Waals surface area contributed by atoms with Crippen LogP contribution in [0.25, 0.3) is 0 Å². The number of rotatable bonds is 6. The van der Waals surface area contributed by atoms with Crippen molar-refractivity contribution in [2.45, 2.75) is 46.2 Å². The molecule has 4 heteroatoms. The van der Waals surface area contributed by atoms with Crippen molar-refractivity contribution in [3.8, 4) is 0 Å². The van der Waals surface area contributed by atoms with E-state index < -0.39 is 0 Å². The lowest BCUT2D eigenvalue weighted by atomic mass is 9.96. The van der Waals surface area contributed by atoms with Gasteiger partial charge < -0.3 is 9.88 Å². The summed E-state index contributed by atoms with van der Waals surface area (Å²) in [6.45, 7) is 12.4. The molecule has 1 aromatic rings. The van der Waals surface area contributed by atoms with Crippen molar-refractivity contribution in [2.24, 2.45) is 5.92 Å². The highest BCUT2D eigenvalue weighted by molar-refractivity contribution is 5.00. The molecule has 1 N–H and O–H groups in total. The van der Waals surface area contributed by atoms with Gasteiger partial charge in [0.25, 0.3) is 0 Å². The predicted molar refractivity (Wildman–Crippen MR) is 79.2 cm³/mol. The van der Waals surface area contributed by atoms with Crippen LogP contribution in [-0.4, -0.2) is 40.6 Å². The zero-order chi connectivity index (χ0) is 13.7. The maximum atomic E-state index is 4.29. The summed E-state index contributed by atoms with van der Waals surface area (Å²) in [4.78, 5) is 6.86. The average Bonchev–Trinajstić information content (AvgIpc) is 2.86. The van der Waals surface area contributed by atoms with Gasteiger partial charge in [0.15, 0.2) is 0 Å². The molecular weight excluding hydrogens is 236 g/mol. The van der Waals surface area contributed by atoms with Crippen molar-refractivity contribution >= 4 is 0 Å². The van der Waals surface area contributed by atoms with E-state index in [1.54, 1.807) is 0 Å². The molecule has 0 saturated carbocycles. The van der Waals surface area contributed by atoms with Crippen LogP contribution in [0.5, 0.6) is 0 Å². The SMILES string of the molecule is CCNCC1CCN(Cc2cncn2C(C)C)CC1. The highest BCUT2D eigenvalue weighted by atomic mass is 15.2. The third-order valence-corrected chi connectivity index (χ3v) is 4.08. The van der Waals surface area contributed by atoms with E-state index >= 15 is 0 Å². The standard InChI is InChI=1S/C15H28N4/c1-4-16-9-14-5-7-18(8-6-14)11-15-10-17-12-19(15)13(2)3/h10,12-14,16H,4-9,11H2,1-3H3. The van der Waals surface area contributed by atoms with E-state index in [2.05, 4.69) is 40.5 Å². The monoisotopic (exact) mass is 264 g/mol. The molecule has 0 radical (unpaired) electrons. The van der Waals surface area contributed by atoms with Crippen LogP contribution in [0.15, 0.2) is 12.5 Å². The fraction of sp³-hybridized carbons (Fsp3) is 0.800. The number of hydrogen-bond acceptors (Lipinski definition) is 3. The second-order valence-electron chi connectivity index (χ2n) is 5.91. The number of imidazole rings is 1. The first kappa shape index (κ1) is 14.5. The van der Waals surface area contributed by atoms with Gasteiger partial charge in [-0.1, -0.05) is 6.92 Å². The maximum Gasteiger partial charge on any atom is 0.0951 e. The molecule has 0 aromatic carbocycles. The van der Waals surface area contributed by atoms with Crippen molar-refractivity contribution < 1.29 is 0 Å². The lowest BCUT2D eigenvalue weighted by Crippen LogP contribution is -2.37. The second kappa shape index (κ2) is 7.06. The molecule has 1 fully saturated rings. The normalized spacial score (nSPS) is 18.3. The first-order valence-electron chi connectivity index (χ1n) is 7.64. The molecule has 1 aromatic heterocycles. The van der Waals surface area contributed by atoms with Crippen molar-refractivity contribution in [3.05, 3.63) is 18.2 Å². The molecule has 19 heavy (non-hydrogen) atoms. The molecule has 2 rings (SSSR count). The van der Waals surface area contributed by atoms with Gasteiger partial charge in [0.1, 0.15) is 0 Å². The zero-order valence-electron chi connectivity index (χ0n) is 12.6. The van der Waals surface area contributed by atoms with Crippen molar-refractivity contribution in [3.63, 3.8) is 0 Å². The van der Waals surface area contributed by atoms with Gasteiger partial charge in [-0.2, -0.15) is 0 Å². The van der Waals surface area contributed by atoms with Crippen molar-refractivity contribution in [2.75, 3.05) is 26.2 Å². The minimum Gasteiger partial charge on any atom is -0.331 e. The minimum absolute atomic E-state index is 0.504. The Morgan fingerprint density at radius 1 is 1.37 bits per heavy atom. The van der Waals surface area contributed by atoms with E-state index in [4.69, 9.17) is 0 Å². The Labute approximate surface area is 117 Å². The van der Waals surface area contributed by atoms with Crippen molar-refractivity contribution in [1.82, 2.24) is 19.8 Å². The fourth-order valence-corrected chi connectivity index (χ4v) is 2.85. The highest BCUT2D eigenvalue weighted by Gasteiger charge is 2.19. The molecule has 0 bridgehead atoms. The molecule has 0 unspecified atom stereocenters. The number of piperidine rings is 1. The quantitative estimate of drug-likeness (QED) is 0.856. The van der Waals surface area contributed by atoms with Gasteiger partial charge in [-0.05, 0) is 58.8 Å².